The molecule has 2 N–H and O–H groups in total. The summed E-state index contributed by atoms with van der Waals surface area (Å²) in [4.78, 5) is 11.7. The smallest absolute Gasteiger partial charge is 0.178 e. The number of carbonyl (C=O) groups excluding carboxylic acids is 1. The van der Waals surface area contributed by atoms with Crippen molar-refractivity contribution in [1.82, 2.24) is 5.32 Å². The van der Waals surface area contributed by atoms with Gasteiger partial charge in [0.25, 0.3) is 0 Å². The largest absolute Gasteiger partial charge is 0.507 e. The van der Waals surface area contributed by atoms with Crippen LogP contribution >= 0.6 is 15.9 Å². The van der Waals surface area contributed by atoms with E-state index in [2.05, 4.69) is 21.2 Å². The summed E-state index contributed by atoms with van der Waals surface area (Å²) >= 11 is 3.34. The third kappa shape index (κ3) is 2.38. The first kappa shape index (κ1) is 12.2. The van der Waals surface area contributed by atoms with E-state index < -0.39 is 0 Å². The molecule has 0 aromatic heterocycles. The van der Waals surface area contributed by atoms with Crippen molar-refractivity contribution in [2.45, 2.75) is 13.8 Å². The Bertz CT molecular complexity index is 402. The number of hydrogen-bond acceptors (Lipinski definition) is 3. The highest BCUT2D eigenvalue weighted by molar-refractivity contribution is 9.10. The number of phenolic OH excluding ortho intramolecular Hbond substituents is 1. The maximum atomic E-state index is 11.7. The fraction of sp³-hybridized carbons (Fsp3) is 0.364. The number of rotatable bonds is 3. The lowest BCUT2D eigenvalue weighted by Crippen LogP contribution is -2.20. The van der Waals surface area contributed by atoms with Crippen LogP contribution in [0.3, 0.4) is 0 Å². The van der Waals surface area contributed by atoms with E-state index >= 15 is 0 Å². The van der Waals surface area contributed by atoms with Crippen LogP contribution in [0.25, 0.3) is 0 Å². The van der Waals surface area contributed by atoms with Gasteiger partial charge >= 0.3 is 0 Å². The maximum absolute atomic E-state index is 11.7. The first-order valence-electron chi connectivity index (χ1n) is 4.65. The van der Waals surface area contributed by atoms with Crippen LogP contribution in [0, 0.1) is 13.8 Å². The van der Waals surface area contributed by atoms with Crippen LogP contribution in [0.2, 0.25) is 0 Å². The normalized spacial score (nSPS) is 10.4. The molecule has 0 radical (unpaired) electrons. The van der Waals surface area contributed by atoms with Crippen molar-refractivity contribution in [2.75, 3.05) is 13.6 Å². The Balaban J connectivity index is 3.29. The van der Waals surface area contributed by atoms with Gasteiger partial charge in [0.15, 0.2) is 5.78 Å². The van der Waals surface area contributed by atoms with Gasteiger partial charge in [-0.3, -0.25) is 4.79 Å². The number of ketones is 1. The average molecular weight is 272 g/mol. The molecule has 0 spiro atoms. The van der Waals surface area contributed by atoms with Gasteiger partial charge in [-0.15, -0.1) is 0 Å². The fourth-order valence-corrected chi connectivity index (χ4v) is 2.38. The summed E-state index contributed by atoms with van der Waals surface area (Å²) in [5.41, 5.74) is 1.94. The van der Waals surface area contributed by atoms with Gasteiger partial charge in [-0.05, 0) is 32.5 Å². The van der Waals surface area contributed by atoms with Crippen molar-refractivity contribution in [3.63, 3.8) is 0 Å². The predicted octanol–water partition coefficient (Wildman–Crippen LogP) is 2.17. The van der Waals surface area contributed by atoms with Crippen LogP contribution < -0.4 is 5.32 Å². The standard InChI is InChI=1S/C11H14BrNO2/c1-6-4-8(12)10(7(2)11(6)15)9(14)5-13-3/h4,13,15H,5H2,1-3H3. The summed E-state index contributed by atoms with van der Waals surface area (Å²) in [5.74, 6) is 0.162. The van der Waals surface area contributed by atoms with E-state index in [0.29, 0.717) is 11.1 Å². The molecule has 0 saturated heterocycles. The van der Waals surface area contributed by atoms with E-state index in [0.717, 1.165) is 10.0 Å². The predicted molar refractivity (Wildman–Crippen MR) is 63.5 cm³/mol. The first-order chi connectivity index (χ1) is 6.99. The second kappa shape index (κ2) is 4.77. The summed E-state index contributed by atoms with van der Waals surface area (Å²) in [7, 11) is 1.72. The zero-order valence-corrected chi connectivity index (χ0v) is 10.6. The molecule has 1 aromatic rings. The number of aryl methyl sites for hydroxylation is 1. The molecule has 1 aromatic carbocycles. The number of nitrogens with one attached hydrogen (secondary N) is 1. The Morgan fingerprint density at radius 2 is 2.13 bits per heavy atom. The van der Waals surface area contributed by atoms with Crippen molar-refractivity contribution in [3.05, 3.63) is 27.2 Å². The van der Waals surface area contributed by atoms with Gasteiger partial charge in [-0.2, -0.15) is 0 Å². The summed E-state index contributed by atoms with van der Waals surface area (Å²) in [5, 5.41) is 12.5. The topological polar surface area (TPSA) is 49.3 Å². The Hall–Kier alpha value is -0.870. The van der Waals surface area contributed by atoms with Gasteiger partial charge in [-0.25, -0.2) is 0 Å². The molecule has 0 aliphatic rings. The molecule has 82 valence electrons. The minimum absolute atomic E-state index is 0.0304. The van der Waals surface area contributed by atoms with Crippen molar-refractivity contribution < 1.29 is 9.90 Å². The second-order valence-electron chi connectivity index (χ2n) is 3.48. The molecule has 0 heterocycles. The van der Waals surface area contributed by atoms with Gasteiger partial charge in [0.05, 0.1) is 6.54 Å². The van der Waals surface area contributed by atoms with E-state index in [9.17, 15) is 9.90 Å². The number of aromatic hydroxyl groups is 1. The highest BCUT2D eigenvalue weighted by atomic mass is 79.9. The van der Waals surface area contributed by atoms with Gasteiger partial charge in [0.1, 0.15) is 5.75 Å². The molecule has 0 amide bonds. The molecule has 0 unspecified atom stereocenters. The molecule has 0 fully saturated rings. The monoisotopic (exact) mass is 271 g/mol. The molecule has 0 aliphatic heterocycles. The SMILES string of the molecule is CNCC(=O)c1c(Br)cc(C)c(O)c1C. The van der Waals surface area contributed by atoms with Gasteiger partial charge in [0, 0.05) is 15.6 Å². The number of benzene rings is 1. The molecule has 0 atom stereocenters. The number of likely N-dealkylation sites (N-methyl/N-ethyl adjacent to an activating group) is 1. The Labute approximate surface area is 97.6 Å². The lowest BCUT2D eigenvalue weighted by Gasteiger charge is -2.11. The van der Waals surface area contributed by atoms with Crippen molar-refractivity contribution in [1.29, 1.82) is 0 Å². The van der Waals surface area contributed by atoms with Crippen molar-refractivity contribution >= 4 is 21.7 Å². The third-order valence-electron chi connectivity index (χ3n) is 2.30. The quantitative estimate of drug-likeness (QED) is 0.829. The zero-order valence-electron chi connectivity index (χ0n) is 9.02. The van der Waals surface area contributed by atoms with Gasteiger partial charge < -0.3 is 10.4 Å². The Morgan fingerprint density at radius 1 is 1.53 bits per heavy atom. The molecule has 15 heavy (non-hydrogen) atoms. The molecule has 0 aliphatic carbocycles. The Kier molecular flexibility index (Phi) is 3.88. The molecule has 0 bridgehead atoms. The minimum Gasteiger partial charge on any atom is -0.507 e. The molecular formula is C11H14BrNO2. The summed E-state index contributed by atoms with van der Waals surface area (Å²) in [6.45, 7) is 3.82. The Morgan fingerprint density at radius 3 is 2.67 bits per heavy atom. The lowest BCUT2D eigenvalue weighted by molar-refractivity contribution is 0.0992. The first-order valence-corrected chi connectivity index (χ1v) is 5.44. The highest BCUT2D eigenvalue weighted by Gasteiger charge is 2.16. The van der Waals surface area contributed by atoms with Crippen molar-refractivity contribution in [3.8, 4) is 5.75 Å². The van der Waals surface area contributed by atoms with E-state index in [1.165, 1.54) is 0 Å². The number of halogens is 1. The maximum Gasteiger partial charge on any atom is 0.178 e. The summed E-state index contributed by atoms with van der Waals surface area (Å²) in [6.07, 6.45) is 0. The molecule has 0 saturated carbocycles. The van der Waals surface area contributed by atoms with Crippen LogP contribution in [0.15, 0.2) is 10.5 Å². The van der Waals surface area contributed by atoms with E-state index in [1.54, 1.807) is 27.0 Å². The van der Waals surface area contributed by atoms with Crippen LogP contribution in [-0.2, 0) is 0 Å². The number of phenols is 1. The highest BCUT2D eigenvalue weighted by Crippen LogP contribution is 2.31. The number of Topliss-reactive ketones (excluding diaryl/α,β-unsaturated/α-hetero) is 1. The molecular weight excluding hydrogens is 258 g/mol. The average Bonchev–Trinajstić information content (AvgIpc) is 2.15. The third-order valence-corrected chi connectivity index (χ3v) is 2.93. The molecule has 1 rings (SSSR count). The second-order valence-corrected chi connectivity index (χ2v) is 4.33. The van der Waals surface area contributed by atoms with Crippen LogP contribution in [-0.4, -0.2) is 24.5 Å². The number of carbonyl (C=O) groups is 1. The van der Waals surface area contributed by atoms with Crippen LogP contribution in [0.5, 0.6) is 5.75 Å². The van der Waals surface area contributed by atoms with E-state index in [4.69, 9.17) is 0 Å². The van der Waals surface area contributed by atoms with Crippen LogP contribution in [0.4, 0.5) is 0 Å². The minimum atomic E-state index is -0.0304. The fourth-order valence-electron chi connectivity index (χ4n) is 1.52. The zero-order chi connectivity index (χ0) is 11.6. The molecule has 3 nitrogen and oxygen atoms in total. The summed E-state index contributed by atoms with van der Waals surface area (Å²) in [6, 6.07) is 1.76. The van der Waals surface area contributed by atoms with E-state index in [-0.39, 0.29) is 18.1 Å². The van der Waals surface area contributed by atoms with Gasteiger partial charge in [0.2, 0.25) is 0 Å². The van der Waals surface area contributed by atoms with E-state index in [1.807, 2.05) is 0 Å². The lowest BCUT2D eigenvalue weighted by atomic mass is 10.0. The van der Waals surface area contributed by atoms with Crippen molar-refractivity contribution in [2.24, 2.45) is 0 Å². The summed E-state index contributed by atoms with van der Waals surface area (Å²) < 4.78 is 0.732. The van der Waals surface area contributed by atoms with Crippen LogP contribution in [0.1, 0.15) is 21.5 Å². The number of hydrogen-bond donors (Lipinski definition) is 2. The molecule has 4 heteroatoms. The van der Waals surface area contributed by atoms with Gasteiger partial charge in [-0.1, -0.05) is 15.9 Å².